The molecule has 0 bridgehead atoms. The minimum Gasteiger partial charge on any atom is -0.481 e. The highest BCUT2D eigenvalue weighted by atomic mass is 19.3. The van der Waals surface area contributed by atoms with Gasteiger partial charge >= 0.3 is 5.97 Å². The van der Waals surface area contributed by atoms with Crippen molar-refractivity contribution in [1.29, 1.82) is 0 Å². The van der Waals surface area contributed by atoms with Gasteiger partial charge in [-0.1, -0.05) is 13.8 Å². The molecule has 3 N–H and O–H groups in total. The minimum absolute atomic E-state index is 0.369. The summed E-state index contributed by atoms with van der Waals surface area (Å²) < 4.78 is 25.2. The van der Waals surface area contributed by atoms with E-state index in [0.29, 0.717) is 16.7 Å². The zero-order chi connectivity index (χ0) is 16.9. The molecule has 1 aromatic heterocycles. The average molecular weight is 323 g/mol. The van der Waals surface area contributed by atoms with E-state index in [4.69, 9.17) is 5.11 Å². The van der Waals surface area contributed by atoms with Crippen LogP contribution in [0.1, 0.15) is 26.1 Å². The highest BCUT2D eigenvalue weighted by molar-refractivity contribution is 6.00. The standard InChI is InChI=1S/C15H15F2N3O3/c1-15(2)9(10(15)14(22)23)13(21)18-6-3-4-7-8(5-6)20-12(19-7)11(16)17/h3-5,9-11H,1-2H3,(H,18,21)(H,19,20)(H,22,23)/t9-,10+/m1/s1. The lowest BCUT2D eigenvalue weighted by molar-refractivity contribution is -0.140. The molecule has 1 aliphatic rings. The van der Waals surface area contributed by atoms with Gasteiger partial charge in [0.15, 0.2) is 5.82 Å². The highest BCUT2D eigenvalue weighted by Crippen LogP contribution is 2.58. The Morgan fingerprint density at radius 3 is 2.61 bits per heavy atom. The second-order valence-electron chi connectivity index (χ2n) is 6.26. The molecule has 1 aliphatic carbocycles. The van der Waals surface area contributed by atoms with Gasteiger partial charge < -0.3 is 15.4 Å². The Kier molecular flexibility index (Phi) is 3.35. The maximum absolute atomic E-state index is 12.6. The summed E-state index contributed by atoms with van der Waals surface area (Å²) in [5.41, 5.74) is 0.548. The molecule has 3 rings (SSSR count). The van der Waals surface area contributed by atoms with Crippen LogP contribution in [0, 0.1) is 17.3 Å². The fraction of sp³-hybridized carbons (Fsp3) is 0.400. The molecular formula is C15H15F2N3O3. The number of nitrogens with one attached hydrogen (secondary N) is 2. The molecule has 122 valence electrons. The average Bonchev–Trinajstić information content (AvgIpc) is 2.83. The number of anilines is 1. The summed E-state index contributed by atoms with van der Waals surface area (Å²) in [4.78, 5) is 29.6. The van der Waals surface area contributed by atoms with E-state index in [9.17, 15) is 18.4 Å². The fourth-order valence-corrected chi connectivity index (χ4v) is 3.02. The number of aliphatic carboxylic acids is 1. The Morgan fingerprint density at radius 1 is 1.35 bits per heavy atom. The van der Waals surface area contributed by atoms with Crippen LogP contribution in [0.3, 0.4) is 0 Å². The molecule has 1 aromatic carbocycles. The third kappa shape index (κ3) is 2.54. The summed E-state index contributed by atoms with van der Waals surface area (Å²) in [6, 6.07) is 4.55. The first-order chi connectivity index (χ1) is 10.7. The Bertz CT molecular complexity index is 800. The molecule has 0 saturated heterocycles. The molecule has 0 radical (unpaired) electrons. The number of carboxylic acids is 1. The largest absolute Gasteiger partial charge is 0.481 e. The van der Waals surface area contributed by atoms with E-state index in [2.05, 4.69) is 15.3 Å². The molecule has 2 atom stereocenters. The number of fused-ring (bicyclic) bond motifs is 1. The lowest BCUT2D eigenvalue weighted by Gasteiger charge is -2.06. The lowest BCUT2D eigenvalue weighted by atomic mass is 10.1. The normalized spacial score (nSPS) is 22.3. The number of alkyl halides is 2. The van der Waals surface area contributed by atoms with Crippen LogP contribution in [0.25, 0.3) is 11.0 Å². The number of rotatable bonds is 4. The summed E-state index contributed by atoms with van der Waals surface area (Å²) in [5, 5.41) is 11.7. The predicted octanol–water partition coefficient (Wildman–Crippen LogP) is 2.80. The van der Waals surface area contributed by atoms with E-state index >= 15 is 0 Å². The van der Waals surface area contributed by atoms with Crippen molar-refractivity contribution in [2.24, 2.45) is 17.3 Å². The number of carbonyl (C=O) groups is 2. The maximum atomic E-state index is 12.6. The van der Waals surface area contributed by atoms with Gasteiger partial charge in [0, 0.05) is 5.69 Å². The third-order valence-corrected chi connectivity index (χ3v) is 4.35. The van der Waals surface area contributed by atoms with Crippen molar-refractivity contribution >= 4 is 28.6 Å². The van der Waals surface area contributed by atoms with Crippen LogP contribution in [0.4, 0.5) is 14.5 Å². The summed E-state index contributed by atoms with van der Waals surface area (Å²) in [7, 11) is 0. The van der Waals surface area contributed by atoms with Gasteiger partial charge in [0.05, 0.1) is 22.9 Å². The predicted molar refractivity (Wildman–Crippen MR) is 78.1 cm³/mol. The van der Waals surface area contributed by atoms with Crippen LogP contribution in [0.15, 0.2) is 18.2 Å². The molecular weight excluding hydrogens is 308 g/mol. The van der Waals surface area contributed by atoms with Crippen molar-refractivity contribution in [1.82, 2.24) is 9.97 Å². The minimum atomic E-state index is -2.70. The smallest absolute Gasteiger partial charge is 0.307 e. The first kappa shape index (κ1) is 15.4. The van der Waals surface area contributed by atoms with Crippen molar-refractivity contribution in [2.45, 2.75) is 20.3 Å². The molecule has 2 aromatic rings. The molecule has 6 nitrogen and oxygen atoms in total. The van der Waals surface area contributed by atoms with Crippen LogP contribution in [0.5, 0.6) is 0 Å². The van der Waals surface area contributed by atoms with Crippen LogP contribution in [-0.2, 0) is 9.59 Å². The zero-order valence-corrected chi connectivity index (χ0v) is 12.4. The number of aromatic amines is 1. The van der Waals surface area contributed by atoms with Gasteiger partial charge in [0.25, 0.3) is 6.43 Å². The molecule has 1 amide bonds. The second kappa shape index (κ2) is 5.00. The number of carboxylic acid groups (broad SMARTS) is 1. The van der Waals surface area contributed by atoms with Crippen LogP contribution in [0.2, 0.25) is 0 Å². The van der Waals surface area contributed by atoms with E-state index in [1.165, 1.54) is 12.1 Å². The molecule has 1 heterocycles. The summed E-state index contributed by atoms with van der Waals surface area (Å²) in [6.07, 6.45) is -2.70. The number of benzene rings is 1. The Labute approximate surface area is 129 Å². The first-order valence-corrected chi connectivity index (χ1v) is 7.03. The Hall–Kier alpha value is -2.51. The summed E-state index contributed by atoms with van der Waals surface area (Å²) >= 11 is 0. The van der Waals surface area contributed by atoms with E-state index < -0.39 is 41.4 Å². The number of amides is 1. The van der Waals surface area contributed by atoms with Crippen LogP contribution < -0.4 is 5.32 Å². The van der Waals surface area contributed by atoms with Crippen molar-refractivity contribution in [2.75, 3.05) is 5.32 Å². The van der Waals surface area contributed by atoms with Gasteiger partial charge in [-0.25, -0.2) is 13.8 Å². The molecule has 8 heteroatoms. The van der Waals surface area contributed by atoms with E-state index in [-0.39, 0.29) is 0 Å². The number of halogens is 2. The first-order valence-electron chi connectivity index (χ1n) is 7.03. The van der Waals surface area contributed by atoms with Crippen molar-refractivity contribution in [3.8, 4) is 0 Å². The van der Waals surface area contributed by atoms with Crippen LogP contribution in [-0.4, -0.2) is 27.0 Å². The Balaban J connectivity index is 1.79. The molecule has 0 unspecified atom stereocenters. The third-order valence-electron chi connectivity index (χ3n) is 4.35. The number of hydrogen-bond acceptors (Lipinski definition) is 3. The summed E-state index contributed by atoms with van der Waals surface area (Å²) in [6.45, 7) is 3.45. The van der Waals surface area contributed by atoms with Crippen LogP contribution >= 0.6 is 0 Å². The van der Waals surface area contributed by atoms with Crippen molar-refractivity contribution in [3.63, 3.8) is 0 Å². The second-order valence-corrected chi connectivity index (χ2v) is 6.26. The summed E-state index contributed by atoms with van der Waals surface area (Å²) in [5.74, 6) is -3.16. The van der Waals surface area contributed by atoms with Crippen molar-refractivity contribution in [3.05, 3.63) is 24.0 Å². The molecule has 23 heavy (non-hydrogen) atoms. The Morgan fingerprint density at radius 2 is 2.04 bits per heavy atom. The molecule has 0 spiro atoms. The van der Waals surface area contributed by atoms with Crippen molar-refractivity contribution < 1.29 is 23.5 Å². The van der Waals surface area contributed by atoms with Gasteiger partial charge in [0.2, 0.25) is 5.91 Å². The van der Waals surface area contributed by atoms with Gasteiger partial charge in [-0.05, 0) is 23.6 Å². The number of imidazole rings is 1. The number of carbonyl (C=O) groups excluding carboxylic acids is 1. The van der Waals surface area contributed by atoms with Gasteiger partial charge in [-0.3, -0.25) is 9.59 Å². The van der Waals surface area contributed by atoms with E-state index in [0.717, 1.165) is 0 Å². The van der Waals surface area contributed by atoms with E-state index in [1.807, 2.05) is 0 Å². The van der Waals surface area contributed by atoms with Gasteiger partial charge in [-0.15, -0.1) is 0 Å². The monoisotopic (exact) mass is 323 g/mol. The molecule has 1 fully saturated rings. The molecule has 1 saturated carbocycles. The fourth-order valence-electron chi connectivity index (χ4n) is 3.02. The number of nitrogens with zero attached hydrogens (tertiary/aromatic N) is 1. The maximum Gasteiger partial charge on any atom is 0.307 e. The highest BCUT2D eigenvalue weighted by Gasteiger charge is 2.65. The van der Waals surface area contributed by atoms with Gasteiger partial charge in [0.1, 0.15) is 0 Å². The SMILES string of the molecule is CC1(C)[C@H](C(=O)O)[C@@H]1C(=O)Nc1ccc2nc(C(F)F)[nH]c2c1. The molecule has 0 aliphatic heterocycles. The zero-order valence-electron chi connectivity index (χ0n) is 12.4. The lowest BCUT2D eigenvalue weighted by Crippen LogP contribution is -2.17. The van der Waals surface area contributed by atoms with E-state index in [1.54, 1.807) is 19.9 Å². The van der Waals surface area contributed by atoms with Gasteiger partial charge in [-0.2, -0.15) is 0 Å². The number of H-pyrrole nitrogens is 1. The quantitative estimate of drug-likeness (QED) is 0.806. The topological polar surface area (TPSA) is 95.1 Å². The number of hydrogen-bond donors (Lipinski definition) is 3. The number of aromatic nitrogens is 2.